The summed E-state index contributed by atoms with van der Waals surface area (Å²) in [6.45, 7) is 6.42. The molecule has 0 bridgehead atoms. The van der Waals surface area contributed by atoms with Crippen LogP contribution in [0.5, 0.6) is 0 Å². The van der Waals surface area contributed by atoms with Crippen LogP contribution in [0.25, 0.3) is 105 Å². The standard InChI is InChI=1S/C36H19N4O2.C18H17N2.Ir/c1-3-8-28-23(6-1)24-7-2-4-9-29(24)39(28)22-12-14-33-26(19-22)25-18-21(11-13-32(25)41-33)34-20-27-35-30(10-5-16-37-35)40-31(15-17-38-40)36(27)42-34;1-13-11-14(2)17(15(3)12-13)20-10-9-19-18(20)16-7-5-4-6-8-16;/h1-9,11-20H;4-7,9-12H,1-3H3;/q2*-1;. The zero-order valence-corrected chi connectivity index (χ0v) is 36.8. The number of hydrogen-bond acceptors (Lipinski definition) is 5. The molecule has 0 aliphatic heterocycles. The first-order chi connectivity index (χ1) is 30.5. The number of para-hydroxylation sites is 2. The monoisotopic (exact) mass is 993 g/mol. The summed E-state index contributed by atoms with van der Waals surface area (Å²) in [7, 11) is 0. The normalized spacial score (nSPS) is 11.6. The first-order valence-corrected chi connectivity index (χ1v) is 20.6. The van der Waals surface area contributed by atoms with Gasteiger partial charge in [-0.15, -0.1) is 35.9 Å². The van der Waals surface area contributed by atoms with Crippen molar-refractivity contribution in [2.24, 2.45) is 0 Å². The average Bonchev–Trinajstić information content (AvgIpc) is 4.15. The van der Waals surface area contributed by atoms with E-state index in [-0.39, 0.29) is 20.1 Å². The van der Waals surface area contributed by atoms with Gasteiger partial charge in [0, 0.05) is 71.0 Å². The van der Waals surface area contributed by atoms with Gasteiger partial charge in [-0.1, -0.05) is 60.3 Å². The van der Waals surface area contributed by atoms with Crippen LogP contribution in [0.4, 0.5) is 0 Å². The number of hydrogen-bond donors (Lipinski definition) is 0. The van der Waals surface area contributed by atoms with E-state index in [0.29, 0.717) is 0 Å². The third-order valence-corrected chi connectivity index (χ3v) is 11.8. The van der Waals surface area contributed by atoms with E-state index in [2.05, 4.69) is 148 Å². The van der Waals surface area contributed by atoms with E-state index in [1.165, 1.54) is 44.2 Å². The van der Waals surface area contributed by atoms with Crippen molar-refractivity contribution in [2.75, 3.05) is 0 Å². The van der Waals surface area contributed by atoms with Gasteiger partial charge in [0.15, 0.2) is 0 Å². The molecule has 13 aromatic rings. The number of rotatable bonds is 4. The Balaban J connectivity index is 0.000000179. The number of aryl methyl sites for hydroxylation is 3. The molecule has 0 N–H and O–H groups in total. The summed E-state index contributed by atoms with van der Waals surface area (Å²) >= 11 is 0. The van der Waals surface area contributed by atoms with Crippen LogP contribution in [0.1, 0.15) is 16.7 Å². The second-order valence-corrected chi connectivity index (χ2v) is 15.8. The molecule has 0 saturated heterocycles. The second kappa shape index (κ2) is 15.1. The van der Waals surface area contributed by atoms with E-state index in [1.54, 1.807) is 12.4 Å². The van der Waals surface area contributed by atoms with Gasteiger partial charge in [0.1, 0.15) is 28.0 Å². The summed E-state index contributed by atoms with van der Waals surface area (Å²) < 4.78 is 19.1. The zero-order valence-electron chi connectivity index (χ0n) is 34.4. The zero-order chi connectivity index (χ0) is 41.5. The molecule has 8 nitrogen and oxygen atoms in total. The molecule has 9 heteroatoms. The van der Waals surface area contributed by atoms with Crippen molar-refractivity contribution in [3.05, 3.63) is 193 Å². The van der Waals surface area contributed by atoms with Crippen molar-refractivity contribution >= 4 is 71.3 Å². The molecule has 6 aromatic carbocycles. The molecule has 0 aliphatic rings. The number of imidazole rings is 1. The number of nitrogens with zero attached hydrogens (tertiary/aromatic N) is 6. The molecular formula is C54H36IrN6O2-2. The number of aromatic nitrogens is 6. The largest absolute Gasteiger partial charge is 0.456 e. The minimum absolute atomic E-state index is 0. The van der Waals surface area contributed by atoms with Gasteiger partial charge >= 0.3 is 0 Å². The van der Waals surface area contributed by atoms with Crippen LogP contribution in [0.3, 0.4) is 0 Å². The van der Waals surface area contributed by atoms with E-state index in [1.807, 2.05) is 65.4 Å². The number of benzene rings is 6. The van der Waals surface area contributed by atoms with Crippen molar-refractivity contribution < 1.29 is 28.9 Å². The van der Waals surface area contributed by atoms with Gasteiger partial charge < -0.3 is 23.0 Å². The predicted molar refractivity (Wildman–Crippen MR) is 248 cm³/mol. The van der Waals surface area contributed by atoms with Gasteiger partial charge in [0.2, 0.25) is 0 Å². The number of pyridine rings is 2. The maximum Gasteiger partial charge on any atom is 0.150 e. The molecule has 1 radical (unpaired) electrons. The van der Waals surface area contributed by atoms with Crippen molar-refractivity contribution in [3.63, 3.8) is 0 Å². The van der Waals surface area contributed by atoms with E-state index in [4.69, 9.17) is 8.83 Å². The molecule has 0 spiro atoms. The fourth-order valence-corrected chi connectivity index (χ4v) is 9.30. The van der Waals surface area contributed by atoms with Gasteiger partial charge in [-0.3, -0.25) is 9.50 Å². The number of furan rings is 2. The van der Waals surface area contributed by atoms with Gasteiger partial charge in [-0.25, -0.2) is 0 Å². The quantitative estimate of drug-likeness (QED) is 0.164. The van der Waals surface area contributed by atoms with Crippen LogP contribution >= 0.6 is 0 Å². The Kier molecular flexibility index (Phi) is 9.19. The molecule has 13 rings (SSSR count). The summed E-state index contributed by atoms with van der Waals surface area (Å²) in [6.07, 6.45) is 7.38. The van der Waals surface area contributed by atoms with E-state index in [0.717, 1.165) is 77.9 Å². The molecule has 0 fully saturated rings. The Bertz CT molecular complexity index is 3790. The third-order valence-electron chi connectivity index (χ3n) is 11.8. The summed E-state index contributed by atoms with van der Waals surface area (Å²) in [4.78, 5) is 9.14. The Morgan fingerprint density at radius 2 is 1.30 bits per heavy atom. The average molecular weight is 993 g/mol. The fourth-order valence-electron chi connectivity index (χ4n) is 9.30. The topological polar surface area (TPSA) is 79.2 Å². The first-order valence-electron chi connectivity index (χ1n) is 20.6. The van der Waals surface area contributed by atoms with Crippen molar-refractivity contribution in [1.82, 2.24) is 28.7 Å². The fraction of sp³-hybridized carbons (Fsp3) is 0.0556. The molecule has 7 heterocycles. The minimum Gasteiger partial charge on any atom is -0.456 e. The minimum atomic E-state index is 0. The Hall–Kier alpha value is -7.58. The smallest absolute Gasteiger partial charge is 0.150 e. The molecule has 305 valence electrons. The van der Waals surface area contributed by atoms with Gasteiger partial charge in [-0.2, -0.15) is 17.2 Å². The summed E-state index contributed by atoms with van der Waals surface area (Å²) in [5.41, 5.74) is 15.4. The second-order valence-electron chi connectivity index (χ2n) is 15.8. The van der Waals surface area contributed by atoms with Crippen LogP contribution in [0.15, 0.2) is 173 Å². The molecule has 0 unspecified atom stereocenters. The van der Waals surface area contributed by atoms with E-state index >= 15 is 0 Å². The van der Waals surface area contributed by atoms with Crippen molar-refractivity contribution in [1.29, 1.82) is 0 Å². The van der Waals surface area contributed by atoms with Crippen molar-refractivity contribution in [2.45, 2.75) is 20.8 Å². The van der Waals surface area contributed by atoms with E-state index in [9.17, 15) is 0 Å². The molecule has 0 atom stereocenters. The molecule has 63 heavy (non-hydrogen) atoms. The SMILES string of the molecule is Cc1cc(C)c(-n2ccnc2-c2[c-]cccc2)c(C)c1.[Ir].[c-]1ccnc2c3cc(-c4ccc5oc6ccc(-n7c8ccccc8c8ccccc87)cc6c5c4)oc3c3ccnn3c12. The maximum atomic E-state index is 6.50. The maximum absolute atomic E-state index is 6.50. The number of fused-ring (bicyclic) bond motifs is 12. The third kappa shape index (κ3) is 6.19. The molecule has 0 aliphatic carbocycles. The van der Waals surface area contributed by atoms with Gasteiger partial charge in [0.05, 0.1) is 23.1 Å². The first kappa shape index (κ1) is 38.3. The van der Waals surface area contributed by atoms with Gasteiger partial charge in [0.25, 0.3) is 0 Å². The Morgan fingerprint density at radius 3 is 2.06 bits per heavy atom. The summed E-state index contributed by atoms with van der Waals surface area (Å²) in [5.74, 6) is 1.70. The van der Waals surface area contributed by atoms with Crippen molar-refractivity contribution in [3.8, 4) is 34.1 Å². The molecular weight excluding hydrogens is 957 g/mol. The predicted octanol–water partition coefficient (Wildman–Crippen LogP) is 13.4. The van der Waals surface area contributed by atoms with Crippen LogP contribution in [-0.2, 0) is 20.1 Å². The Morgan fingerprint density at radius 1 is 0.571 bits per heavy atom. The van der Waals surface area contributed by atoms with Gasteiger partial charge in [-0.05, 0) is 109 Å². The van der Waals surface area contributed by atoms with Crippen LogP contribution < -0.4 is 0 Å². The van der Waals surface area contributed by atoms with E-state index < -0.39 is 0 Å². The van der Waals surface area contributed by atoms with Crippen LogP contribution in [-0.4, -0.2) is 28.7 Å². The molecule has 0 saturated carbocycles. The Labute approximate surface area is 375 Å². The summed E-state index contributed by atoms with van der Waals surface area (Å²) in [5, 5.41) is 10.0. The van der Waals surface area contributed by atoms with Crippen LogP contribution in [0, 0.1) is 32.9 Å². The molecule has 0 amide bonds. The summed E-state index contributed by atoms with van der Waals surface area (Å²) in [6, 6.07) is 54.5. The molecule has 7 aromatic heterocycles. The van der Waals surface area contributed by atoms with Crippen LogP contribution in [0.2, 0.25) is 0 Å².